The highest BCUT2D eigenvalue weighted by Gasteiger charge is 2.10. The number of hydrogen-bond acceptors (Lipinski definition) is 5. The van der Waals surface area contributed by atoms with Crippen LogP contribution >= 0.6 is 23.1 Å². The van der Waals surface area contributed by atoms with E-state index in [1.165, 1.54) is 16.6 Å². The SMILES string of the molecule is CN(Cc1cccs1)C(=O)CSc1ncccn1. The Hall–Kier alpha value is -1.40. The molecule has 2 rings (SSSR count). The third-order valence-electron chi connectivity index (χ3n) is 2.27. The molecule has 2 aromatic rings. The first-order valence-electron chi connectivity index (χ1n) is 5.42. The van der Waals surface area contributed by atoms with Crippen molar-refractivity contribution in [1.82, 2.24) is 14.9 Å². The molecule has 18 heavy (non-hydrogen) atoms. The zero-order valence-corrected chi connectivity index (χ0v) is 11.6. The topological polar surface area (TPSA) is 46.1 Å². The van der Waals surface area contributed by atoms with Gasteiger partial charge < -0.3 is 4.90 Å². The summed E-state index contributed by atoms with van der Waals surface area (Å²) in [6.45, 7) is 0.659. The van der Waals surface area contributed by atoms with Crippen LogP contribution in [0.5, 0.6) is 0 Å². The first-order valence-corrected chi connectivity index (χ1v) is 7.28. The summed E-state index contributed by atoms with van der Waals surface area (Å²) in [5, 5.41) is 2.65. The minimum Gasteiger partial charge on any atom is -0.340 e. The average molecular weight is 279 g/mol. The Morgan fingerprint density at radius 3 is 2.83 bits per heavy atom. The number of carbonyl (C=O) groups excluding carboxylic acids is 1. The molecule has 0 aliphatic rings. The summed E-state index contributed by atoms with van der Waals surface area (Å²) in [4.78, 5) is 22.9. The number of carbonyl (C=O) groups is 1. The molecular formula is C12H13N3OS2. The van der Waals surface area contributed by atoms with Gasteiger partial charge in [-0.1, -0.05) is 17.8 Å². The van der Waals surface area contributed by atoms with Crippen molar-refractivity contribution in [3.8, 4) is 0 Å². The van der Waals surface area contributed by atoms with Crippen molar-refractivity contribution in [2.75, 3.05) is 12.8 Å². The van der Waals surface area contributed by atoms with Gasteiger partial charge in [-0.05, 0) is 17.5 Å². The largest absolute Gasteiger partial charge is 0.340 e. The van der Waals surface area contributed by atoms with Gasteiger partial charge in [0.2, 0.25) is 5.91 Å². The zero-order chi connectivity index (χ0) is 12.8. The molecule has 0 saturated heterocycles. The van der Waals surface area contributed by atoms with Crippen molar-refractivity contribution in [3.05, 3.63) is 40.8 Å². The lowest BCUT2D eigenvalue weighted by Gasteiger charge is -2.15. The molecular weight excluding hydrogens is 266 g/mol. The van der Waals surface area contributed by atoms with Crippen LogP contribution in [0.25, 0.3) is 0 Å². The molecule has 0 aliphatic heterocycles. The van der Waals surface area contributed by atoms with E-state index in [9.17, 15) is 4.79 Å². The second-order valence-electron chi connectivity index (χ2n) is 3.65. The lowest BCUT2D eigenvalue weighted by molar-refractivity contribution is -0.127. The molecule has 0 fully saturated rings. The second kappa shape index (κ2) is 6.51. The molecule has 0 bridgehead atoms. The van der Waals surface area contributed by atoms with Crippen LogP contribution in [0.1, 0.15) is 4.88 Å². The quantitative estimate of drug-likeness (QED) is 0.622. The molecule has 0 radical (unpaired) electrons. The van der Waals surface area contributed by atoms with Gasteiger partial charge in [-0.15, -0.1) is 11.3 Å². The van der Waals surface area contributed by atoms with Crippen molar-refractivity contribution in [3.63, 3.8) is 0 Å². The molecule has 1 amide bonds. The molecule has 6 heteroatoms. The van der Waals surface area contributed by atoms with Crippen LogP contribution in [0.15, 0.2) is 41.1 Å². The van der Waals surface area contributed by atoms with Gasteiger partial charge in [-0.25, -0.2) is 9.97 Å². The molecule has 0 aliphatic carbocycles. The summed E-state index contributed by atoms with van der Waals surface area (Å²) >= 11 is 3.02. The Bertz CT molecular complexity index is 487. The standard InChI is InChI=1S/C12H13N3OS2/c1-15(8-10-4-2-7-17-10)11(16)9-18-12-13-5-3-6-14-12/h2-7H,8-9H2,1H3. The van der Waals surface area contributed by atoms with Gasteiger partial charge in [-0.3, -0.25) is 4.79 Å². The number of rotatable bonds is 5. The maximum absolute atomic E-state index is 11.9. The molecule has 0 aromatic carbocycles. The highest BCUT2D eigenvalue weighted by atomic mass is 32.2. The summed E-state index contributed by atoms with van der Waals surface area (Å²) < 4.78 is 0. The van der Waals surface area contributed by atoms with Gasteiger partial charge in [0.05, 0.1) is 12.3 Å². The molecule has 0 spiro atoms. The zero-order valence-electron chi connectivity index (χ0n) is 9.94. The molecule has 2 heterocycles. The molecule has 0 unspecified atom stereocenters. The molecule has 4 nitrogen and oxygen atoms in total. The highest BCUT2D eigenvalue weighted by molar-refractivity contribution is 7.99. The summed E-state index contributed by atoms with van der Waals surface area (Å²) in [6.07, 6.45) is 3.35. The van der Waals surface area contributed by atoms with Gasteiger partial charge in [0, 0.05) is 24.3 Å². The highest BCUT2D eigenvalue weighted by Crippen LogP contribution is 2.14. The molecule has 2 aromatic heterocycles. The van der Waals surface area contributed by atoms with Crippen molar-refractivity contribution in [2.24, 2.45) is 0 Å². The van der Waals surface area contributed by atoms with E-state index in [0.29, 0.717) is 17.5 Å². The van der Waals surface area contributed by atoms with Crippen LogP contribution < -0.4 is 0 Å². The van der Waals surface area contributed by atoms with Gasteiger partial charge in [0.25, 0.3) is 0 Å². The van der Waals surface area contributed by atoms with Crippen molar-refractivity contribution in [2.45, 2.75) is 11.7 Å². The fourth-order valence-corrected chi connectivity index (χ4v) is 2.82. The summed E-state index contributed by atoms with van der Waals surface area (Å²) in [6, 6.07) is 5.78. The normalized spacial score (nSPS) is 10.3. The first-order chi connectivity index (χ1) is 8.75. The van der Waals surface area contributed by atoms with Gasteiger partial charge >= 0.3 is 0 Å². The Labute approximate surface area is 114 Å². The maximum Gasteiger partial charge on any atom is 0.233 e. The molecule has 0 saturated carbocycles. The second-order valence-corrected chi connectivity index (χ2v) is 5.62. The van der Waals surface area contributed by atoms with E-state index in [4.69, 9.17) is 0 Å². The van der Waals surface area contributed by atoms with Crippen LogP contribution in [0.4, 0.5) is 0 Å². The smallest absolute Gasteiger partial charge is 0.233 e. The van der Waals surface area contributed by atoms with E-state index in [1.807, 2.05) is 24.6 Å². The monoisotopic (exact) mass is 279 g/mol. The van der Waals surface area contributed by atoms with Crippen LogP contribution in [0.2, 0.25) is 0 Å². The Balaban J connectivity index is 1.81. The lowest BCUT2D eigenvalue weighted by Crippen LogP contribution is -2.27. The number of thiophene rings is 1. The van der Waals surface area contributed by atoms with E-state index >= 15 is 0 Å². The van der Waals surface area contributed by atoms with E-state index in [-0.39, 0.29) is 5.91 Å². The van der Waals surface area contributed by atoms with E-state index in [1.54, 1.807) is 34.7 Å². The summed E-state index contributed by atoms with van der Waals surface area (Å²) in [5.41, 5.74) is 0. The Kier molecular flexibility index (Phi) is 4.72. The van der Waals surface area contributed by atoms with Crippen molar-refractivity contribution < 1.29 is 4.79 Å². The van der Waals surface area contributed by atoms with E-state index < -0.39 is 0 Å². The Morgan fingerprint density at radius 1 is 1.39 bits per heavy atom. The lowest BCUT2D eigenvalue weighted by atomic mass is 10.4. The van der Waals surface area contributed by atoms with Gasteiger partial charge in [0.1, 0.15) is 0 Å². The minimum absolute atomic E-state index is 0.0841. The predicted octanol–water partition coefficient (Wildman–Crippen LogP) is 2.29. The van der Waals surface area contributed by atoms with Crippen LogP contribution in [0, 0.1) is 0 Å². The fourth-order valence-electron chi connectivity index (χ4n) is 1.32. The average Bonchev–Trinajstić information content (AvgIpc) is 2.90. The van der Waals surface area contributed by atoms with Gasteiger partial charge in [0.15, 0.2) is 5.16 Å². The van der Waals surface area contributed by atoms with Crippen molar-refractivity contribution in [1.29, 1.82) is 0 Å². The van der Waals surface area contributed by atoms with Gasteiger partial charge in [-0.2, -0.15) is 0 Å². The number of hydrogen-bond donors (Lipinski definition) is 0. The third kappa shape index (κ3) is 3.82. The molecule has 0 atom stereocenters. The fraction of sp³-hybridized carbons (Fsp3) is 0.250. The number of amides is 1. The molecule has 0 N–H and O–H groups in total. The van der Waals surface area contributed by atoms with Crippen molar-refractivity contribution >= 4 is 29.0 Å². The number of thioether (sulfide) groups is 1. The van der Waals surface area contributed by atoms with E-state index in [0.717, 1.165) is 0 Å². The predicted molar refractivity (Wildman–Crippen MR) is 73.5 cm³/mol. The first kappa shape index (κ1) is 13.0. The van der Waals surface area contributed by atoms with E-state index in [2.05, 4.69) is 9.97 Å². The molecule has 94 valence electrons. The third-order valence-corrected chi connectivity index (χ3v) is 3.99. The van der Waals surface area contributed by atoms with Crippen LogP contribution in [0.3, 0.4) is 0 Å². The maximum atomic E-state index is 11.9. The number of aromatic nitrogens is 2. The Morgan fingerprint density at radius 2 is 2.17 bits per heavy atom. The number of nitrogens with zero attached hydrogens (tertiary/aromatic N) is 3. The minimum atomic E-state index is 0.0841. The van der Waals surface area contributed by atoms with Crippen LogP contribution in [-0.2, 0) is 11.3 Å². The van der Waals surface area contributed by atoms with Crippen LogP contribution in [-0.4, -0.2) is 33.6 Å². The summed E-state index contributed by atoms with van der Waals surface area (Å²) in [7, 11) is 1.81. The summed E-state index contributed by atoms with van der Waals surface area (Å²) in [5.74, 6) is 0.451.